The molecule has 0 heterocycles. The SMILES string of the molecule is CCNS(=O)(=O)c1ccc(CCC(=O)N(Cc2ccc(F)cc2)[C@@H](C(=O)NCc2ccc(Cl)cc2)c2ccccc2)cc1. The Balaban J connectivity index is 1.59. The van der Waals surface area contributed by atoms with Gasteiger partial charge in [-0.1, -0.05) is 85.3 Å². The maximum Gasteiger partial charge on any atom is 0.247 e. The maximum atomic E-state index is 13.9. The molecule has 0 saturated carbocycles. The van der Waals surface area contributed by atoms with Gasteiger partial charge in [-0.3, -0.25) is 9.59 Å². The Bertz CT molecular complexity index is 1620. The number of carbonyl (C=O) groups is 2. The van der Waals surface area contributed by atoms with E-state index in [1.165, 1.54) is 29.2 Å². The highest BCUT2D eigenvalue weighted by Gasteiger charge is 2.31. The standard InChI is InChI=1S/C33H33ClFN3O4S/c1-2-37-43(41,42)30-19-12-24(13-20-30)14-21-31(39)38(23-26-10-17-29(35)18-11-26)32(27-6-4-3-5-7-27)33(40)36-22-25-8-15-28(34)16-9-25/h3-13,15-20,32,37H,2,14,21-23H2,1H3,(H,36,40)/t32-/m1/s1. The van der Waals surface area contributed by atoms with Gasteiger partial charge in [0.05, 0.1) is 4.90 Å². The number of hydrogen-bond acceptors (Lipinski definition) is 4. The highest BCUT2D eigenvalue weighted by Crippen LogP contribution is 2.26. The molecule has 0 aliphatic heterocycles. The van der Waals surface area contributed by atoms with Crippen molar-refractivity contribution in [2.75, 3.05) is 6.54 Å². The van der Waals surface area contributed by atoms with Crippen LogP contribution in [0.3, 0.4) is 0 Å². The van der Waals surface area contributed by atoms with E-state index in [4.69, 9.17) is 11.6 Å². The number of benzene rings is 4. The number of aryl methyl sites for hydroxylation is 1. The zero-order valence-electron chi connectivity index (χ0n) is 23.7. The van der Waals surface area contributed by atoms with Crippen LogP contribution in [0.25, 0.3) is 0 Å². The largest absolute Gasteiger partial charge is 0.350 e. The summed E-state index contributed by atoms with van der Waals surface area (Å²) >= 11 is 6.00. The van der Waals surface area contributed by atoms with Crippen molar-refractivity contribution in [1.82, 2.24) is 14.9 Å². The molecule has 224 valence electrons. The molecular formula is C33H33ClFN3O4S. The first-order valence-corrected chi connectivity index (χ1v) is 15.7. The molecule has 4 aromatic carbocycles. The monoisotopic (exact) mass is 621 g/mol. The molecule has 0 fully saturated rings. The highest BCUT2D eigenvalue weighted by atomic mass is 35.5. The van der Waals surface area contributed by atoms with Crippen LogP contribution in [0.1, 0.15) is 41.6 Å². The van der Waals surface area contributed by atoms with E-state index in [-0.39, 0.29) is 42.8 Å². The van der Waals surface area contributed by atoms with Crippen molar-refractivity contribution in [2.45, 2.75) is 43.8 Å². The molecule has 1 atom stereocenters. The quantitative estimate of drug-likeness (QED) is 0.197. The Hall–Kier alpha value is -4.05. The third-order valence-corrected chi connectivity index (χ3v) is 8.65. The van der Waals surface area contributed by atoms with Crippen molar-refractivity contribution in [2.24, 2.45) is 0 Å². The second-order valence-electron chi connectivity index (χ2n) is 9.95. The summed E-state index contributed by atoms with van der Waals surface area (Å²) in [5.41, 5.74) is 2.92. The number of amides is 2. The van der Waals surface area contributed by atoms with Crippen LogP contribution in [-0.4, -0.2) is 31.7 Å². The van der Waals surface area contributed by atoms with Crippen LogP contribution in [0, 0.1) is 5.82 Å². The molecule has 43 heavy (non-hydrogen) atoms. The molecule has 0 aromatic heterocycles. The zero-order chi connectivity index (χ0) is 30.8. The molecule has 0 aliphatic rings. The van der Waals surface area contributed by atoms with Gasteiger partial charge in [-0.25, -0.2) is 17.5 Å². The molecule has 0 radical (unpaired) electrons. The van der Waals surface area contributed by atoms with Crippen LogP contribution >= 0.6 is 11.6 Å². The molecule has 4 aromatic rings. The fourth-order valence-corrected chi connectivity index (χ4v) is 5.78. The van der Waals surface area contributed by atoms with Gasteiger partial charge in [0.15, 0.2) is 0 Å². The summed E-state index contributed by atoms with van der Waals surface area (Å²) in [5.74, 6) is -1.06. The number of rotatable bonds is 13. The Labute approximate surface area is 256 Å². The Morgan fingerprint density at radius 3 is 2.07 bits per heavy atom. The fraction of sp³-hybridized carbons (Fsp3) is 0.212. The van der Waals surface area contributed by atoms with E-state index in [1.807, 2.05) is 18.2 Å². The summed E-state index contributed by atoms with van der Waals surface area (Å²) in [6, 6.07) is 27.4. The van der Waals surface area contributed by atoms with Crippen LogP contribution in [0.4, 0.5) is 4.39 Å². The Morgan fingerprint density at radius 2 is 1.44 bits per heavy atom. The average Bonchev–Trinajstić information content (AvgIpc) is 3.01. The average molecular weight is 622 g/mol. The Kier molecular flexibility index (Phi) is 11.1. The first-order chi connectivity index (χ1) is 20.7. The lowest BCUT2D eigenvalue weighted by Crippen LogP contribution is -2.43. The van der Waals surface area contributed by atoms with Gasteiger partial charge in [-0.2, -0.15) is 0 Å². The smallest absolute Gasteiger partial charge is 0.247 e. The molecule has 2 N–H and O–H groups in total. The predicted molar refractivity (Wildman–Crippen MR) is 165 cm³/mol. The third kappa shape index (κ3) is 8.97. The van der Waals surface area contributed by atoms with Gasteiger partial charge in [-0.15, -0.1) is 0 Å². The third-order valence-electron chi connectivity index (χ3n) is 6.84. The van der Waals surface area contributed by atoms with Gasteiger partial charge < -0.3 is 10.2 Å². The minimum Gasteiger partial charge on any atom is -0.350 e. The molecule has 4 rings (SSSR count). The van der Waals surface area contributed by atoms with Gasteiger partial charge >= 0.3 is 0 Å². The summed E-state index contributed by atoms with van der Waals surface area (Å²) in [7, 11) is -3.59. The van der Waals surface area contributed by atoms with E-state index in [1.54, 1.807) is 67.6 Å². The lowest BCUT2D eigenvalue weighted by atomic mass is 10.0. The van der Waals surface area contributed by atoms with Crippen molar-refractivity contribution in [3.05, 3.63) is 136 Å². The first kappa shape index (κ1) is 31.9. The summed E-state index contributed by atoms with van der Waals surface area (Å²) in [6.45, 7) is 2.29. The topological polar surface area (TPSA) is 95.6 Å². The summed E-state index contributed by atoms with van der Waals surface area (Å²) in [6.07, 6.45) is 0.391. The number of hydrogen-bond donors (Lipinski definition) is 2. The number of nitrogens with one attached hydrogen (secondary N) is 2. The van der Waals surface area contributed by atoms with E-state index < -0.39 is 21.9 Å². The molecule has 0 unspecified atom stereocenters. The van der Waals surface area contributed by atoms with Crippen LogP contribution in [0.15, 0.2) is 108 Å². The van der Waals surface area contributed by atoms with Crippen LogP contribution in [-0.2, 0) is 39.1 Å². The van der Waals surface area contributed by atoms with Crippen molar-refractivity contribution < 1.29 is 22.4 Å². The Morgan fingerprint density at radius 1 is 0.837 bits per heavy atom. The van der Waals surface area contributed by atoms with Crippen molar-refractivity contribution in [3.8, 4) is 0 Å². The molecule has 0 saturated heterocycles. The van der Waals surface area contributed by atoms with Gasteiger partial charge in [0.25, 0.3) is 0 Å². The van der Waals surface area contributed by atoms with Crippen molar-refractivity contribution in [3.63, 3.8) is 0 Å². The zero-order valence-corrected chi connectivity index (χ0v) is 25.2. The number of sulfonamides is 1. The van der Waals surface area contributed by atoms with Crippen LogP contribution in [0.5, 0.6) is 0 Å². The molecule has 10 heteroatoms. The van der Waals surface area contributed by atoms with E-state index in [0.29, 0.717) is 22.6 Å². The van der Waals surface area contributed by atoms with Gasteiger partial charge in [0, 0.05) is 31.1 Å². The summed E-state index contributed by atoms with van der Waals surface area (Å²) in [5, 5.41) is 3.54. The normalized spacial score (nSPS) is 12.0. The fourth-order valence-electron chi connectivity index (χ4n) is 4.61. The van der Waals surface area contributed by atoms with Crippen LogP contribution < -0.4 is 10.0 Å². The summed E-state index contributed by atoms with van der Waals surface area (Å²) in [4.78, 5) is 29.3. The predicted octanol–water partition coefficient (Wildman–Crippen LogP) is 5.80. The van der Waals surface area contributed by atoms with Gasteiger partial charge in [0.2, 0.25) is 21.8 Å². The number of halogens is 2. The lowest BCUT2D eigenvalue weighted by Gasteiger charge is -2.32. The molecule has 7 nitrogen and oxygen atoms in total. The van der Waals surface area contributed by atoms with E-state index in [9.17, 15) is 22.4 Å². The lowest BCUT2D eigenvalue weighted by molar-refractivity contribution is -0.141. The number of nitrogens with zero attached hydrogens (tertiary/aromatic N) is 1. The molecule has 2 amide bonds. The molecule has 0 bridgehead atoms. The van der Waals surface area contributed by atoms with Crippen molar-refractivity contribution in [1.29, 1.82) is 0 Å². The second-order valence-corrected chi connectivity index (χ2v) is 12.2. The molecule has 0 spiro atoms. The van der Waals surface area contributed by atoms with E-state index in [2.05, 4.69) is 10.0 Å². The second kappa shape index (κ2) is 14.9. The minimum atomic E-state index is -3.59. The van der Waals surface area contributed by atoms with Crippen LogP contribution in [0.2, 0.25) is 5.02 Å². The highest BCUT2D eigenvalue weighted by molar-refractivity contribution is 7.89. The minimum absolute atomic E-state index is 0.0638. The van der Waals surface area contributed by atoms with Gasteiger partial charge in [-0.05, 0) is 65.1 Å². The van der Waals surface area contributed by atoms with E-state index in [0.717, 1.165) is 11.1 Å². The number of carbonyl (C=O) groups excluding carboxylic acids is 2. The molecule has 0 aliphatic carbocycles. The summed E-state index contributed by atoms with van der Waals surface area (Å²) < 4.78 is 40.7. The first-order valence-electron chi connectivity index (χ1n) is 13.9. The van der Waals surface area contributed by atoms with E-state index >= 15 is 0 Å². The maximum absolute atomic E-state index is 13.9. The van der Waals surface area contributed by atoms with Gasteiger partial charge in [0.1, 0.15) is 11.9 Å². The van der Waals surface area contributed by atoms with Crippen molar-refractivity contribution >= 4 is 33.4 Å². The molecular weight excluding hydrogens is 589 g/mol.